The Hall–Kier alpha value is -3.05. The molecule has 0 aliphatic carbocycles. The van der Waals surface area contributed by atoms with Crippen molar-refractivity contribution in [1.82, 2.24) is 20.9 Å². The van der Waals surface area contributed by atoms with Crippen LogP contribution in [0.5, 0.6) is 0 Å². The van der Waals surface area contributed by atoms with Crippen molar-refractivity contribution in [3.8, 4) is 0 Å². The predicted molar refractivity (Wildman–Crippen MR) is 128 cm³/mol. The Bertz CT molecular complexity index is 992. The highest BCUT2D eigenvalue weighted by molar-refractivity contribution is 7.80. The molecule has 1 aromatic carbocycles. The number of nitrogens with two attached hydrogens (primary N) is 1. The normalized spacial score (nSPS) is 13.8. The topological polar surface area (TPSA) is 166 Å². The van der Waals surface area contributed by atoms with Gasteiger partial charge in [-0.2, -0.15) is 12.6 Å². The molecule has 1 aromatic heterocycles. The fourth-order valence-electron chi connectivity index (χ4n) is 3.42. The summed E-state index contributed by atoms with van der Waals surface area (Å²) in [5.74, 6) is -2.91. The molecule has 0 saturated heterocycles. The molecule has 180 valence electrons. The largest absolute Gasteiger partial charge is 0.480 e. The molecule has 3 amide bonds. The molecule has 3 unspecified atom stereocenters. The molecule has 0 spiro atoms. The average molecular weight is 478 g/mol. The van der Waals surface area contributed by atoms with Crippen LogP contribution in [-0.2, 0) is 25.6 Å². The van der Waals surface area contributed by atoms with Gasteiger partial charge >= 0.3 is 5.97 Å². The average Bonchev–Trinajstić information content (AvgIpc) is 3.18. The van der Waals surface area contributed by atoms with Crippen LogP contribution in [-0.4, -0.2) is 64.2 Å². The fraction of sp³-hybridized carbons (Fsp3) is 0.455. The minimum atomic E-state index is -1.21. The molecule has 10 nitrogen and oxygen atoms in total. The fourth-order valence-corrected chi connectivity index (χ4v) is 3.67. The number of hydrogen-bond donors (Lipinski definition) is 7. The van der Waals surface area contributed by atoms with Crippen molar-refractivity contribution in [2.45, 2.75) is 44.8 Å². The van der Waals surface area contributed by atoms with Crippen molar-refractivity contribution >= 4 is 47.2 Å². The lowest BCUT2D eigenvalue weighted by molar-refractivity contribution is -0.142. The first-order chi connectivity index (χ1) is 15.7. The number of amides is 3. The van der Waals surface area contributed by atoms with Gasteiger partial charge in [0.2, 0.25) is 17.7 Å². The van der Waals surface area contributed by atoms with Gasteiger partial charge in [-0.25, -0.2) is 4.79 Å². The zero-order valence-electron chi connectivity index (χ0n) is 18.6. The smallest absolute Gasteiger partial charge is 0.326 e. The molecule has 11 heteroatoms. The van der Waals surface area contributed by atoms with Crippen molar-refractivity contribution in [3.05, 3.63) is 36.0 Å². The van der Waals surface area contributed by atoms with Gasteiger partial charge in [-0.3, -0.25) is 14.4 Å². The lowest BCUT2D eigenvalue weighted by Gasteiger charge is -2.24. The van der Waals surface area contributed by atoms with Crippen LogP contribution in [0.2, 0.25) is 0 Å². The summed E-state index contributed by atoms with van der Waals surface area (Å²) in [5, 5.41) is 18.1. The van der Waals surface area contributed by atoms with Crippen LogP contribution in [0.4, 0.5) is 0 Å². The van der Waals surface area contributed by atoms with E-state index in [0.29, 0.717) is 6.42 Å². The molecule has 0 radical (unpaired) electrons. The van der Waals surface area contributed by atoms with Gasteiger partial charge < -0.3 is 31.8 Å². The Morgan fingerprint density at radius 3 is 2.27 bits per heavy atom. The number of hydrogen-bond acceptors (Lipinski definition) is 6. The molecule has 0 fully saturated rings. The minimum Gasteiger partial charge on any atom is -0.480 e. The summed E-state index contributed by atoms with van der Waals surface area (Å²) in [6, 6.07) is 4.27. The second kappa shape index (κ2) is 12.3. The zero-order valence-corrected chi connectivity index (χ0v) is 19.5. The Morgan fingerprint density at radius 1 is 1.03 bits per heavy atom. The number of rotatable bonds is 12. The van der Waals surface area contributed by atoms with Gasteiger partial charge in [0.05, 0.1) is 6.54 Å². The molecular weight excluding hydrogens is 446 g/mol. The number of aromatic nitrogens is 1. The van der Waals surface area contributed by atoms with E-state index < -0.39 is 41.8 Å². The second-order valence-electron chi connectivity index (χ2n) is 8.16. The maximum Gasteiger partial charge on any atom is 0.326 e. The van der Waals surface area contributed by atoms with Crippen molar-refractivity contribution < 1.29 is 24.3 Å². The van der Waals surface area contributed by atoms with Crippen molar-refractivity contribution in [3.63, 3.8) is 0 Å². The highest BCUT2D eigenvalue weighted by Crippen LogP contribution is 2.19. The summed E-state index contributed by atoms with van der Waals surface area (Å²) in [7, 11) is 0. The summed E-state index contributed by atoms with van der Waals surface area (Å²) in [4.78, 5) is 52.1. The number of carbonyl (C=O) groups is 4. The number of para-hydroxylation sites is 1. The molecule has 33 heavy (non-hydrogen) atoms. The maximum atomic E-state index is 12.8. The molecular formula is C22H31N5O5S. The summed E-state index contributed by atoms with van der Waals surface area (Å²) < 4.78 is 0. The third kappa shape index (κ3) is 7.50. The van der Waals surface area contributed by atoms with Crippen LogP contribution in [0.25, 0.3) is 10.9 Å². The first kappa shape index (κ1) is 26.2. The number of aromatic amines is 1. The molecule has 2 rings (SSSR count). The first-order valence-electron chi connectivity index (χ1n) is 10.6. The van der Waals surface area contributed by atoms with E-state index in [-0.39, 0.29) is 24.6 Å². The molecule has 0 saturated carbocycles. The quantitative estimate of drug-likeness (QED) is 0.215. The van der Waals surface area contributed by atoms with Crippen molar-refractivity contribution in [2.24, 2.45) is 11.7 Å². The number of fused-ring (bicyclic) bond motifs is 1. The van der Waals surface area contributed by atoms with Gasteiger partial charge in [-0.1, -0.05) is 32.0 Å². The van der Waals surface area contributed by atoms with Gasteiger partial charge in [0.1, 0.15) is 18.1 Å². The van der Waals surface area contributed by atoms with Crippen LogP contribution in [0, 0.1) is 5.92 Å². The standard InChI is InChI=1S/C22H31N5O5S/c1-12(2)7-16(25-19(28)9-23)20(29)27-18(11-33)21(30)26-17(22(31)32)8-13-10-24-15-6-4-3-5-14(13)15/h3-6,10,12,16-18,24,33H,7-9,11,23H2,1-2H3,(H,25,28)(H,26,30)(H,27,29)(H,31,32). The van der Waals surface area contributed by atoms with E-state index in [4.69, 9.17) is 5.73 Å². The van der Waals surface area contributed by atoms with Gasteiger partial charge in [0.15, 0.2) is 0 Å². The second-order valence-corrected chi connectivity index (χ2v) is 8.53. The third-order valence-electron chi connectivity index (χ3n) is 5.07. The molecule has 0 bridgehead atoms. The number of carbonyl (C=O) groups excluding carboxylic acids is 3. The van der Waals surface area contributed by atoms with Crippen LogP contribution < -0.4 is 21.7 Å². The van der Waals surface area contributed by atoms with E-state index in [1.165, 1.54) is 0 Å². The number of aliphatic carboxylic acids is 1. The zero-order chi connectivity index (χ0) is 24.5. The van der Waals surface area contributed by atoms with E-state index >= 15 is 0 Å². The van der Waals surface area contributed by atoms with Crippen molar-refractivity contribution in [2.75, 3.05) is 12.3 Å². The van der Waals surface area contributed by atoms with E-state index in [0.717, 1.165) is 16.5 Å². The Balaban J connectivity index is 2.09. The van der Waals surface area contributed by atoms with Gasteiger partial charge in [-0.05, 0) is 24.0 Å². The molecule has 7 N–H and O–H groups in total. The maximum absolute atomic E-state index is 12.8. The molecule has 2 aromatic rings. The Labute approximate surface area is 197 Å². The first-order valence-corrected chi connectivity index (χ1v) is 11.3. The van der Waals surface area contributed by atoms with Gasteiger partial charge in [0, 0.05) is 29.3 Å². The molecule has 0 aliphatic rings. The number of carboxylic acids is 1. The lowest BCUT2D eigenvalue weighted by atomic mass is 10.0. The Kier molecular flexibility index (Phi) is 9.74. The monoisotopic (exact) mass is 477 g/mol. The van der Waals surface area contributed by atoms with Crippen LogP contribution in [0.1, 0.15) is 25.8 Å². The Morgan fingerprint density at radius 2 is 1.67 bits per heavy atom. The summed E-state index contributed by atoms with van der Waals surface area (Å²) in [6.45, 7) is 3.51. The van der Waals surface area contributed by atoms with Gasteiger partial charge in [0.25, 0.3) is 0 Å². The highest BCUT2D eigenvalue weighted by atomic mass is 32.1. The van der Waals surface area contributed by atoms with Crippen molar-refractivity contribution in [1.29, 1.82) is 0 Å². The third-order valence-corrected chi connectivity index (χ3v) is 5.44. The number of nitrogens with one attached hydrogen (secondary N) is 4. The lowest BCUT2D eigenvalue weighted by Crippen LogP contribution is -2.57. The number of benzene rings is 1. The van der Waals surface area contributed by atoms with E-state index in [9.17, 15) is 24.3 Å². The number of H-pyrrole nitrogens is 1. The predicted octanol–water partition coefficient (Wildman–Crippen LogP) is 0.184. The van der Waals surface area contributed by atoms with E-state index in [1.807, 2.05) is 38.1 Å². The van der Waals surface area contributed by atoms with E-state index in [2.05, 4.69) is 33.6 Å². The molecule has 3 atom stereocenters. The van der Waals surface area contributed by atoms with Crippen LogP contribution >= 0.6 is 12.6 Å². The minimum absolute atomic E-state index is 0.0564. The summed E-state index contributed by atoms with van der Waals surface area (Å²) >= 11 is 4.13. The van der Waals surface area contributed by atoms with E-state index in [1.54, 1.807) is 6.20 Å². The van der Waals surface area contributed by atoms with Crippen LogP contribution in [0.15, 0.2) is 30.5 Å². The summed E-state index contributed by atoms with van der Waals surface area (Å²) in [5.41, 5.74) is 6.92. The molecule has 1 heterocycles. The van der Waals surface area contributed by atoms with Gasteiger partial charge in [-0.15, -0.1) is 0 Å². The molecule has 0 aliphatic heterocycles. The SMILES string of the molecule is CC(C)CC(NC(=O)CN)C(=O)NC(CS)C(=O)NC(Cc1c[nH]c2ccccc12)C(=O)O. The van der Waals surface area contributed by atoms with Crippen LogP contribution in [0.3, 0.4) is 0 Å². The highest BCUT2D eigenvalue weighted by Gasteiger charge is 2.29. The number of thiol groups is 1. The number of carboxylic acid groups (broad SMARTS) is 1. The summed E-state index contributed by atoms with van der Waals surface area (Å²) in [6.07, 6.45) is 2.11.